The zero-order valence-corrected chi connectivity index (χ0v) is 10.9. The van der Waals surface area contributed by atoms with Gasteiger partial charge in [0.25, 0.3) is 0 Å². The molecule has 0 radical (unpaired) electrons. The van der Waals surface area contributed by atoms with Gasteiger partial charge in [0.15, 0.2) is 0 Å². The normalized spacial score (nSPS) is 28.2. The molecule has 5 nitrogen and oxygen atoms in total. The van der Waals surface area contributed by atoms with Crippen molar-refractivity contribution in [1.82, 2.24) is 4.31 Å². The van der Waals surface area contributed by atoms with Crippen LogP contribution in [0.2, 0.25) is 0 Å². The highest BCUT2D eigenvalue weighted by atomic mass is 32.2. The minimum Gasteiger partial charge on any atom is -0.375 e. The highest BCUT2D eigenvalue weighted by Crippen LogP contribution is 2.19. The molecule has 0 spiro atoms. The van der Waals surface area contributed by atoms with Gasteiger partial charge < -0.3 is 10.5 Å². The summed E-state index contributed by atoms with van der Waals surface area (Å²) in [5.41, 5.74) is 5.35. The molecule has 0 amide bonds. The quantitative estimate of drug-likeness (QED) is 0.754. The molecule has 0 aromatic heterocycles. The summed E-state index contributed by atoms with van der Waals surface area (Å²) in [7, 11) is -3.17. The first-order valence-electron chi connectivity index (χ1n) is 5.82. The Hall–Kier alpha value is -0.170. The van der Waals surface area contributed by atoms with Gasteiger partial charge in [-0.05, 0) is 26.3 Å². The fourth-order valence-corrected chi connectivity index (χ4v) is 3.73. The van der Waals surface area contributed by atoms with Gasteiger partial charge in [0, 0.05) is 12.6 Å². The van der Waals surface area contributed by atoms with Crippen LogP contribution in [0.1, 0.15) is 26.7 Å². The molecule has 1 saturated heterocycles. The second-order valence-electron chi connectivity index (χ2n) is 4.23. The van der Waals surface area contributed by atoms with Crippen molar-refractivity contribution < 1.29 is 13.2 Å². The molecule has 2 N–H and O–H groups in total. The molecule has 0 aromatic carbocycles. The average Bonchev–Trinajstić information content (AvgIpc) is 2.26. The smallest absolute Gasteiger partial charge is 0.214 e. The van der Waals surface area contributed by atoms with E-state index >= 15 is 0 Å². The van der Waals surface area contributed by atoms with E-state index in [9.17, 15) is 8.42 Å². The maximum Gasteiger partial charge on any atom is 0.214 e. The molecule has 1 aliphatic rings. The summed E-state index contributed by atoms with van der Waals surface area (Å²) < 4.78 is 31.2. The number of rotatable bonds is 5. The van der Waals surface area contributed by atoms with Crippen LogP contribution in [-0.2, 0) is 14.8 Å². The van der Waals surface area contributed by atoms with Crippen LogP contribution in [0, 0.1) is 0 Å². The molecule has 0 aliphatic carbocycles. The second-order valence-corrected chi connectivity index (χ2v) is 6.28. The Balaban J connectivity index is 2.73. The lowest BCUT2D eigenvalue weighted by Crippen LogP contribution is -2.51. The van der Waals surface area contributed by atoms with Crippen molar-refractivity contribution in [3.8, 4) is 0 Å². The first-order chi connectivity index (χ1) is 7.51. The first kappa shape index (κ1) is 13.9. The maximum atomic E-state index is 12.1. The van der Waals surface area contributed by atoms with Gasteiger partial charge in [0.05, 0.1) is 18.5 Å². The Morgan fingerprint density at radius 3 is 2.75 bits per heavy atom. The summed E-state index contributed by atoms with van der Waals surface area (Å²) >= 11 is 0. The van der Waals surface area contributed by atoms with Gasteiger partial charge >= 0.3 is 0 Å². The van der Waals surface area contributed by atoms with Crippen LogP contribution >= 0.6 is 0 Å². The second kappa shape index (κ2) is 5.95. The maximum absolute atomic E-state index is 12.1. The summed E-state index contributed by atoms with van der Waals surface area (Å²) in [6, 6.07) is -0.0148. The Morgan fingerprint density at radius 1 is 1.50 bits per heavy atom. The number of nitrogens with two attached hydrogens (primary N) is 1. The van der Waals surface area contributed by atoms with Gasteiger partial charge in [-0.3, -0.25) is 0 Å². The molecular formula is C10H22N2O3S. The number of hydrogen-bond donors (Lipinski definition) is 1. The largest absolute Gasteiger partial charge is 0.375 e. The molecule has 96 valence electrons. The zero-order chi connectivity index (χ0) is 12.2. The Kier molecular flexibility index (Phi) is 5.17. The number of morpholine rings is 1. The van der Waals surface area contributed by atoms with E-state index in [1.807, 2.05) is 13.8 Å². The van der Waals surface area contributed by atoms with E-state index in [0.29, 0.717) is 26.1 Å². The van der Waals surface area contributed by atoms with E-state index in [2.05, 4.69) is 0 Å². The topological polar surface area (TPSA) is 72.6 Å². The minimum atomic E-state index is -3.17. The predicted octanol–water partition coefficient (Wildman–Crippen LogP) is 0.164. The SMILES string of the molecule is CCC1COC(C)CN1S(=O)(=O)CCCN. The van der Waals surface area contributed by atoms with E-state index in [0.717, 1.165) is 6.42 Å². The third-order valence-electron chi connectivity index (χ3n) is 2.85. The highest BCUT2D eigenvalue weighted by molar-refractivity contribution is 7.89. The fourth-order valence-electron chi connectivity index (χ4n) is 1.86. The molecule has 2 atom stereocenters. The lowest BCUT2D eigenvalue weighted by Gasteiger charge is -2.37. The molecule has 1 heterocycles. The molecule has 6 heteroatoms. The molecule has 0 aromatic rings. The van der Waals surface area contributed by atoms with E-state index in [1.165, 1.54) is 0 Å². The molecule has 1 aliphatic heterocycles. The number of nitrogens with zero attached hydrogens (tertiary/aromatic N) is 1. The van der Waals surface area contributed by atoms with Gasteiger partial charge in [0.2, 0.25) is 10.0 Å². The van der Waals surface area contributed by atoms with Crippen molar-refractivity contribution in [2.24, 2.45) is 5.73 Å². The standard InChI is InChI=1S/C10H22N2O3S/c1-3-10-8-15-9(2)7-12(10)16(13,14)6-4-5-11/h9-10H,3-8,11H2,1-2H3. The molecular weight excluding hydrogens is 228 g/mol. The molecule has 16 heavy (non-hydrogen) atoms. The lowest BCUT2D eigenvalue weighted by atomic mass is 10.2. The van der Waals surface area contributed by atoms with Crippen LogP contribution in [0.5, 0.6) is 0 Å². The zero-order valence-electron chi connectivity index (χ0n) is 10.1. The van der Waals surface area contributed by atoms with Crippen molar-refractivity contribution >= 4 is 10.0 Å². The molecule has 0 bridgehead atoms. The molecule has 1 rings (SSSR count). The van der Waals surface area contributed by atoms with Crippen LogP contribution in [-0.4, -0.2) is 50.3 Å². The fraction of sp³-hybridized carbons (Fsp3) is 1.00. The summed E-state index contributed by atoms with van der Waals surface area (Å²) in [6.45, 7) is 5.26. The van der Waals surface area contributed by atoms with E-state index in [4.69, 9.17) is 10.5 Å². The number of sulfonamides is 1. The Bertz CT molecular complexity index is 305. The Morgan fingerprint density at radius 2 is 2.19 bits per heavy atom. The summed E-state index contributed by atoms with van der Waals surface area (Å²) in [5, 5.41) is 0. The van der Waals surface area contributed by atoms with E-state index in [1.54, 1.807) is 4.31 Å². The Labute approximate surface area is 98.0 Å². The number of ether oxygens (including phenoxy) is 1. The molecule has 0 saturated carbocycles. The van der Waals surface area contributed by atoms with Gasteiger partial charge in [-0.15, -0.1) is 0 Å². The van der Waals surface area contributed by atoms with Crippen molar-refractivity contribution in [3.63, 3.8) is 0 Å². The van der Waals surface area contributed by atoms with E-state index < -0.39 is 10.0 Å². The predicted molar refractivity (Wildman–Crippen MR) is 63.7 cm³/mol. The lowest BCUT2D eigenvalue weighted by molar-refractivity contribution is -0.0230. The summed E-state index contributed by atoms with van der Waals surface area (Å²) in [5.74, 6) is 0.146. The third-order valence-corrected chi connectivity index (χ3v) is 4.82. The third kappa shape index (κ3) is 3.41. The molecule has 1 fully saturated rings. The highest BCUT2D eigenvalue weighted by Gasteiger charge is 2.33. The van der Waals surface area contributed by atoms with E-state index in [-0.39, 0.29) is 17.9 Å². The van der Waals surface area contributed by atoms with Crippen LogP contribution < -0.4 is 5.73 Å². The van der Waals surface area contributed by atoms with Crippen molar-refractivity contribution in [2.45, 2.75) is 38.8 Å². The number of hydrogen-bond acceptors (Lipinski definition) is 4. The average molecular weight is 250 g/mol. The van der Waals surface area contributed by atoms with Crippen LogP contribution in [0.4, 0.5) is 0 Å². The van der Waals surface area contributed by atoms with Gasteiger partial charge in [-0.25, -0.2) is 8.42 Å². The van der Waals surface area contributed by atoms with Crippen molar-refractivity contribution in [1.29, 1.82) is 0 Å². The first-order valence-corrected chi connectivity index (χ1v) is 7.43. The summed E-state index contributed by atoms with van der Waals surface area (Å²) in [4.78, 5) is 0. The molecule has 2 unspecified atom stereocenters. The van der Waals surface area contributed by atoms with Gasteiger partial charge in [-0.1, -0.05) is 6.92 Å². The van der Waals surface area contributed by atoms with Crippen molar-refractivity contribution in [3.05, 3.63) is 0 Å². The van der Waals surface area contributed by atoms with Crippen molar-refractivity contribution in [2.75, 3.05) is 25.4 Å². The monoisotopic (exact) mass is 250 g/mol. The van der Waals surface area contributed by atoms with Crippen LogP contribution in [0.3, 0.4) is 0 Å². The summed E-state index contributed by atoms with van der Waals surface area (Å²) in [6.07, 6.45) is 1.29. The van der Waals surface area contributed by atoms with Crippen LogP contribution in [0.25, 0.3) is 0 Å². The van der Waals surface area contributed by atoms with Crippen LogP contribution in [0.15, 0.2) is 0 Å². The van der Waals surface area contributed by atoms with Gasteiger partial charge in [-0.2, -0.15) is 4.31 Å². The van der Waals surface area contributed by atoms with Gasteiger partial charge in [0.1, 0.15) is 0 Å². The minimum absolute atomic E-state index is 0.0148.